The first kappa shape index (κ1) is 12.4. The second kappa shape index (κ2) is 8.05. The zero-order chi connectivity index (χ0) is 10.1. The summed E-state index contributed by atoms with van der Waals surface area (Å²) in [5.74, 6) is -0.704. The number of hydrogen-bond acceptors (Lipinski definition) is 2. The summed E-state index contributed by atoms with van der Waals surface area (Å²) in [6.07, 6.45) is 5.49. The van der Waals surface area contributed by atoms with Crippen molar-refractivity contribution in [3.8, 4) is 0 Å². The van der Waals surface area contributed by atoms with Gasteiger partial charge in [-0.25, -0.2) is 0 Å². The fourth-order valence-electron chi connectivity index (χ4n) is 1.35. The van der Waals surface area contributed by atoms with Gasteiger partial charge in [-0.1, -0.05) is 19.8 Å². The van der Waals surface area contributed by atoms with Crippen LogP contribution < -0.4 is 0 Å². The maximum Gasteiger partial charge on any atom is 0.303 e. The Labute approximate surface area is 80.1 Å². The first-order chi connectivity index (χ1) is 6.20. The summed E-state index contributed by atoms with van der Waals surface area (Å²) in [5.41, 5.74) is 0. The minimum atomic E-state index is -0.704. The molecule has 0 aromatic heterocycles. The van der Waals surface area contributed by atoms with Gasteiger partial charge in [0.1, 0.15) is 0 Å². The lowest BCUT2D eigenvalue weighted by Crippen LogP contribution is -2.09. The van der Waals surface area contributed by atoms with Crippen molar-refractivity contribution >= 4 is 5.97 Å². The minimum Gasteiger partial charge on any atom is -0.481 e. The zero-order valence-corrected chi connectivity index (χ0v) is 8.58. The molecule has 0 radical (unpaired) electrons. The lowest BCUT2D eigenvalue weighted by Gasteiger charge is -2.13. The number of aliphatic carboxylic acids is 1. The third-order valence-electron chi connectivity index (χ3n) is 2.11. The minimum absolute atomic E-state index is 0.280. The third kappa shape index (κ3) is 7.78. The van der Waals surface area contributed by atoms with Gasteiger partial charge >= 0.3 is 5.97 Å². The largest absolute Gasteiger partial charge is 0.481 e. The summed E-state index contributed by atoms with van der Waals surface area (Å²) < 4.78 is 5.25. The molecule has 0 aliphatic rings. The van der Waals surface area contributed by atoms with E-state index in [1.807, 2.05) is 0 Å². The van der Waals surface area contributed by atoms with Gasteiger partial charge in [0.25, 0.3) is 0 Å². The molecule has 1 unspecified atom stereocenters. The molecular formula is C10H20O3. The SMILES string of the molecule is CCCC(CCCCC(=O)O)OC. The summed E-state index contributed by atoms with van der Waals surface area (Å²) in [5, 5.41) is 8.41. The van der Waals surface area contributed by atoms with Crippen LogP contribution >= 0.6 is 0 Å². The Kier molecular flexibility index (Phi) is 7.69. The van der Waals surface area contributed by atoms with E-state index in [1.165, 1.54) is 0 Å². The average molecular weight is 188 g/mol. The van der Waals surface area contributed by atoms with Crippen LogP contribution in [0, 0.1) is 0 Å². The van der Waals surface area contributed by atoms with Crippen molar-refractivity contribution in [1.82, 2.24) is 0 Å². The van der Waals surface area contributed by atoms with Gasteiger partial charge in [-0.15, -0.1) is 0 Å². The van der Waals surface area contributed by atoms with E-state index in [0.29, 0.717) is 6.10 Å². The highest BCUT2D eigenvalue weighted by Gasteiger charge is 2.05. The molecule has 0 aliphatic heterocycles. The molecule has 0 spiro atoms. The Morgan fingerprint density at radius 3 is 2.54 bits per heavy atom. The molecule has 3 nitrogen and oxygen atoms in total. The Morgan fingerprint density at radius 2 is 2.08 bits per heavy atom. The maximum atomic E-state index is 10.2. The Balaban J connectivity index is 3.32. The molecule has 0 aliphatic carbocycles. The first-order valence-corrected chi connectivity index (χ1v) is 4.95. The number of rotatable bonds is 8. The first-order valence-electron chi connectivity index (χ1n) is 4.95. The van der Waals surface area contributed by atoms with E-state index in [0.717, 1.165) is 32.1 Å². The third-order valence-corrected chi connectivity index (χ3v) is 2.11. The summed E-state index contributed by atoms with van der Waals surface area (Å²) in [6.45, 7) is 2.13. The highest BCUT2D eigenvalue weighted by Crippen LogP contribution is 2.10. The van der Waals surface area contributed by atoms with Crippen LogP contribution in [0.25, 0.3) is 0 Å². The van der Waals surface area contributed by atoms with Gasteiger partial charge in [-0.3, -0.25) is 4.79 Å². The van der Waals surface area contributed by atoms with E-state index >= 15 is 0 Å². The number of hydrogen-bond donors (Lipinski definition) is 1. The fourth-order valence-corrected chi connectivity index (χ4v) is 1.35. The molecule has 1 atom stereocenters. The molecule has 0 heterocycles. The van der Waals surface area contributed by atoms with Crippen molar-refractivity contribution in [1.29, 1.82) is 0 Å². The molecule has 78 valence electrons. The van der Waals surface area contributed by atoms with Crippen LogP contribution in [-0.4, -0.2) is 24.3 Å². The lowest BCUT2D eigenvalue weighted by atomic mass is 10.1. The van der Waals surface area contributed by atoms with Crippen LogP contribution in [0.3, 0.4) is 0 Å². The van der Waals surface area contributed by atoms with E-state index < -0.39 is 5.97 Å². The van der Waals surface area contributed by atoms with Gasteiger partial charge in [0.15, 0.2) is 0 Å². The van der Waals surface area contributed by atoms with Gasteiger partial charge in [0.05, 0.1) is 6.10 Å². The molecule has 0 saturated carbocycles. The van der Waals surface area contributed by atoms with Gasteiger partial charge in [-0.2, -0.15) is 0 Å². The van der Waals surface area contributed by atoms with E-state index in [9.17, 15) is 4.79 Å². The lowest BCUT2D eigenvalue weighted by molar-refractivity contribution is -0.137. The molecule has 0 amide bonds. The molecule has 0 aromatic rings. The highest BCUT2D eigenvalue weighted by molar-refractivity contribution is 5.66. The zero-order valence-electron chi connectivity index (χ0n) is 8.58. The number of methoxy groups -OCH3 is 1. The van der Waals surface area contributed by atoms with Crippen molar-refractivity contribution in [3.05, 3.63) is 0 Å². The van der Waals surface area contributed by atoms with Crippen molar-refractivity contribution in [2.75, 3.05) is 7.11 Å². The van der Waals surface area contributed by atoms with Crippen LogP contribution in [0.4, 0.5) is 0 Å². The Morgan fingerprint density at radius 1 is 1.38 bits per heavy atom. The number of carboxylic acid groups (broad SMARTS) is 1. The number of carboxylic acids is 1. The van der Waals surface area contributed by atoms with Crippen LogP contribution in [0.1, 0.15) is 45.4 Å². The fraction of sp³-hybridized carbons (Fsp3) is 0.900. The van der Waals surface area contributed by atoms with Crippen LogP contribution in [0.2, 0.25) is 0 Å². The quantitative estimate of drug-likeness (QED) is 0.595. The molecule has 0 bridgehead atoms. The standard InChI is InChI=1S/C10H20O3/c1-3-6-9(13-2)7-4-5-8-10(11)12/h9H,3-8H2,1-2H3,(H,11,12). The van der Waals surface area contributed by atoms with Gasteiger partial charge in [0.2, 0.25) is 0 Å². The summed E-state index contributed by atoms with van der Waals surface area (Å²) in [4.78, 5) is 10.2. The number of unbranched alkanes of at least 4 members (excludes halogenated alkanes) is 1. The summed E-state index contributed by atoms with van der Waals surface area (Å²) in [7, 11) is 1.72. The van der Waals surface area contributed by atoms with E-state index in [4.69, 9.17) is 9.84 Å². The van der Waals surface area contributed by atoms with E-state index in [1.54, 1.807) is 7.11 Å². The number of ether oxygens (including phenoxy) is 1. The smallest absolute Gasteiger partial charge is 0.303 e. The normalized spacial score (nSPS) is 12.8. The van der Waals surface area contributed by atoms with Crippen molar-refractivity contribution in [2.24, 2.45) is 0 Å². The van der Waals surface area contributed by atoms with Gasteiger partial charge in [-0.05, 0) is 19.3 Å². The molecule has 0 saturated heterocycles. The van der Waals surface area contributed by atoms with E-state index in [-0.39, 0.29) is 6.42 Å². The molecule has 3 heteroatoms. The van der Waals surface area contributed by atoms with Crippen molar-refractivity contribution < 1.29 is 14.6 Å². The average Bonchev–Trinajstić information content (AvgIpc) is 2.10. The second-order valence-electron chi connectivity index (χ2n) is 3.29. The topological polar surface area (TPSA) is 46.5 Å². The second-order valence-corrected chi connectivity index (χ2v) is 3.29. The molecule has 0 aromatic carbocycles. The van der Waals surface area contributed by atoms with Crippen LogP contribution in [-0.2, 0) is 9.53 Å². The summed E-state index contributed by atoms with van der Waals surface area (Å²) in [6, 6.07) is 0. The van der Waals surface area contributed by atoms with Crippen LogP contribution in [0.15, 0.2) is 0 Å². The predicted molar refractivity (Wildman–Crippen MR) is 51.8 cm³/mol. The van der Waals surface area contributed by atoms with E-state index in [2.05, 4.69) is 6.92 Å². The Hall–Kier alpha value is -0.570. The summed E-state index contributed by atoms with van der Waals surface area (Å²) >= 11 is 0. The molecular weight excluding hydrogens is 168 g/mol. The monoisotopic (exact) mass is 188 g/mol. The maximum absolute atomic E-state index is 10.2. The van der Waals surface area contributed by atoms with Gasteiger partial charge in [0, 0.05) is 13.5 Å². The van der Waals surface area contributed by atoms with Crippen molar-refractivity contribution in [3.63, 3.8) is 0 Å². The predicted octanol–water partition coefficient (Wildman–Crippen LogP) is 2.45. The molecule has 0 fully saturated rings. The molecule has 1 N–H and O–H groups in total. The molecule has 13 heavy (non-hydrogen) atoms. The number of carbonyl (C=O) groups is 1. The highest BCUT2D eigenvalue weighted by atomic mass is 16.5. The molecule has 0 rings (SSSR count). The van der Waals surface area contributed by atoms with Gasteiger partial charge < -0.3 is 9.84 Å². The Bertz CT molecular complexity index is 134. The van der Waals surface area contributed by atoms with Crippen molar-refractivity contribution in [2.45, 2.75) is 51.6 Å². The van der Waals surface area contributed by atoms with Crippen LogP contribution in [0.5, 0.6) is 0 Å².